The molecule has 1 aromatic heterocycles. The van der Waals surface area contributed by atoms with Crippen molar-refractivity contribution in [3.05, 3.63) is 77.2 Å². The molecule has 1 aliphatic heterocycles. The predicted molar refractivity (Wildman–Crippen MR) is 107 cm³/mol. The molecule has 4 nitrogen and oxygen atoms in total. The maximum absolute atomic E-state index is 5.80. The Hall–Kier alpha value is -2.88. The first-order valence-corrected chi connectivity index (χ1v) is 9.34. The summed E-state index contributed by atoms with van der Waals surface area (Å²) in [6, 6.07) is 19.1. The number of aromatic nitrogens is 1. The molecule has 3 aromatic rings. The lowest BCUT2D eigenvalue weighted by atomic mass is 10.0. The van der Waals surface area contributed by atoms with Gasteiger partial charge in [0.15, 0.2) is 0 Å². The maximum atomic E-state index is 5.80. The molecular weight excluding hydrogens is 336 g/mol. The molecule has 0 saturated carbocycles. The van der Waals surface area contributed by atoms with Crippen LogP contribution in [0.1, 0.15) is 36.4 Å². The van der Waals surface area contributed by atoms with Crippen molar-refractivity contribution in [1.29, 1.82) is 0 Å². The van der Waals surface area contributed by atoms with Gasteiger partial charge >= 0.3 is 0 Å². The van der Waals surface area contributed by atoms with E-state index in [1.54, 1.807) is 0 Å². The first-order valence-electron chi connectivity index (χ1n) is 9.34. The second-order valence-electron chi connectivity index (χ2n) is 7.65. The number of aliphatic imine (C=N–C) groups is 1. The standard InChI is InChI=1S/C23H24N2O2/c1-16-21(22-24-23(2,3)15-26-22)20(27-25-16)14-11-17-9-12-19(13-10-17)18-7-5-4-6-8-18/h4-10,12-13H,11,14-15H2,1-3H3. The van der Waals surface area contributed by atoms with Crippen LogP contribution in [-0.4, -0.2) is 23.2 Å². The summed E-state index contributed by atoms with van der Waals surface area (Å²) in [7, 11) is 0. The molecule has 0 bridgehead atoms. The van der Waals surface area contributed by atoms with Gasteiger partial charge in [0.2, 0.25) is 5.90 Å². The van der Waals surface area contributed by atoms with E-state index >= 15 is 0 Å². The summed E-state index contributed by atoms with van der Waals surface area (Å²) in [5, 5.41) is 4.14. The largest absolute Gasteiger partial charge is 0.475 e. The normalized spacial score (nSPS) is 15.4. The molecule has 0 amide bonds. The van der Waals surface area contributed by atoms with Crippen LogP contribution in [0.2, 0.25) is 0 Å². The quantitative estimate of drug-likeness (QED) is 0.644. The summed E-state index contributed by atoms with van der Waals surface area (Å²) >= 11 is 0. The first kappa shape index (κ1) is 17.5. The van der Waals surface area contributed by atoms with Gasteiger partial charge in [0.25, 0.3) is 0 Å². The Balaban J connectivity index is 1.49. The number of hydrogen-bond acceptors (Lipinski definition) is 4. The fourth-order valence-corrected chi connectivity index (χ4v) is 3.33. The van der Waals surface area contributed by atoms with E-state index < -0.39 is 0 Å². The lowest BCUT2D eigenvalue weighted by molar-refractivity contribution is 0.279. The number of nitrogens with zero attached hydrogens (tertiary/aromatic N) is 2. The topological polar surface area (TPSA) is 47.6 Å². The van der Waals surface area contributed by atoms with Gasteiger partial charge in [-0.25, -0.2) is 4.99 Å². The second kappa shape index (κ2) is 7.03. The fraction of sp³-hybridized carbons (Fsp3) is 0.304. The molecule has 0 N–H and O–H groups in total. The number of ether oxygens (including phenoxy) is 1. The molecule has 2 aromatic carbocycles. The molecule has 4 heteroatoms. The van der Waals surface area contributed by atoms with Crippen molar-refractivity contribution in [3.63, 3.8) is 0 Å². The van der Waals surface area contributed by atoms with Crippen LogP contribution >= 0.6 is 0 Å². The molecular formula is C23H24N2O2. The number of aryl methyl sites for hydroxylation is 3. The Morgan fingerprint density at radius 1 is 0.926 bits per heavy atom. The average molecular weight is 360 g/mol. The third kappa shape index (κ3) is 3.80. The minimum atomic E-state index is -0.191. The fourth-order valence-electron chi connectivity index (χ4n) is 3.33. The monoisotopic (exact) mass is 360 g/mol. The Morgan fingerprint density at radius 2 is 1.63 bits per heavy atom. The van der Waals surface area contributed by atoms with E-state index in [1.807, 2.05) is 13.0 Å². The highest BCUT2D eigenvalue weighted by atomic mass is 16.5. The van der Waals surface area contributed by atoms with E-state index in [0.29, 0.717) is 12.5 Å². The van der Waals surface area contributed by atoms with Gasteiger partial charge in [0.1, 0.15) is 17.9 Å². The van der Waals surface area contributed by atoms with Gasteiger partial charge in [-0.3, -0.25) is 0 Å². The van der Waals surface area contributed by atoms with Gasteiger partial charge in [-0.15, -0.1) is 0 Å². The van der Waals surface area contributed by atoms with Crippen molar-refractivity contribution in [2.45, 2.75) is 39.2 Å². The summed E-state index contributed by atoms with van der Waals surface area (Å²) in [6.07, 6.45) is 1.65. The molecule has 0 unspecified atom stereocenters. The molecule has 4 rings (SSSR count). The minimum absolute atomic E-state index is 0.191. The summed E-state index contributed by atoms with van der Waals surface area (Å²) < 4.78 is 11.4. The summed E-state index contributed by atoms with van der Waals surface area (Å²) in [5.41, 5.74) is 5.29. The van der Waals surface area contributed by atoms with Gasteiger partial charge < -0.3 is 9.26 Å². The zero-order valence-electron chi connectivity index (χ0n) is 16.0. The molecule has 0 saturated heterocycles. The summed E-state index contributed by atoms with van der Waals surface area (Å²) in [4.78, 5) is 4.68. The van der Waals surface area contributed by atoms with E-state index in [2.05, 4.69) is 72.5 Å². The van der Waals surface area contributed by atoms with E-state index in [-0.39, 0.29) is 5.54 Å². The van der Waals surface area contributed by atoms with Gasteiger partial charge in [-0.1, -0.05) is 59.8 Å². The Labute approximate surface area is 159 Å². The van der Waals surface area contributed by atoms with Gasteiger partial charge in [0, 0.05) is 6.42 Å². The van der Waals surface area contributed by atoms with Crippen molar-refractivity contribution >= 4 is 5.90 Å². The van der Waals surface area contributed by atoms with E-state index in [9.17, 15) is 0 Å². The maximum Gasteiger partial charge on any atom is 0.222 e. The van der Waals surface area contributed by atoms with Crippen LogP contribution in [0.3, 0.4) is 0 Å². The van der Waals surface area contributed by atoms with Crippen LogP contribution in [0.25, 0.3) is 11.1 Å². The van der Waals surface area contributed by atoms with Gasteiger partial charge in [-0.05, 0) is 43.9 Å². The van der Waals surface area contributed by atoms with E-state index in [1.165, 1.54) is 16.7 Å². The Bertz CT molecular complexity index is 954. The van der Waals surface area contributed by atoms with Crippen LogP contribution in [0.15, 0.2) is 64.1 Å². The van der Waals surface area contributed by atoms with Crippen LogP contribution in [0, 0.1) is 6.92 Å². The minimum Gasteiger partial charge on any atom is -0.475 e. The SMILES string of the molecule is Cc1noc(CCc2ccc(-c3ccccc3)cc2)c1C1=NC(C)(C)CO1. The molecule has 27 heavy (non-hydrogen) atoms. The molecule has 0 atom stereocenters. The molecule has 0 radical (unpaired) electrons. The first-order chi connectivity index (χ1) is 13.0. The van der Waals surface area contributed by atoms with Crippen LogP contribution in [-0.2, 0) is 17.6 Å². The zero-order valence-corrected chi connectivity index (χ0v) is 16.0. The van der Waals surface area contributed by atoms with E-state index in [4.69, 9.17) is 9.26 Å². The van der Waals surface area contributed by atoms with Crippen molar-refractivity contribution in [1.82, 2.24) is 5.16 Å². The molecule has 0 fully saturated rings. The third-order valence-corrected chi connectivity index (χ3v) is 4.82. The Morgan fingerprint density at radius 3 is 2.30 bits per heavy atom. The smallest absolute Gasteiger partial charge is 0.222 e. The highest BCUT2D eigenvalue weighted by molar-refractivity contribution is 5.97. The zero-order chi connectivity index (χ0) is 18.9. The van der Waals surface area contributed by atoms with Crippen LogP contribution < -0.4 is 0 Å². The highest BCUT2D eigenvalue weighted by Gasteiger charge is 2.31. The van der Waals surface area contributed by atoms with Gasteiger partial charge in [0.05, 0.1) is 11.2 Å². The lowest BCUT2D eigenvalue weighted by Crippen LogP contribution is -2.17. The van der Waals surface area contributed by atoms with Gasteiger partial charge in [-0.2, -0.15) is 0 Å². The van der Waals surface area contributed by atoms with Crippen molar-refractivity contribution in [2.24, 2.45) is 4.99 Å². The highest BCUT2D eigenvalue weighted by Crippen LogP contribution is 2.26. The number of hydrogen-bond donors (Lipinski definition) is 0. The van der Waals surface area contributed by atoms with E-state index in [0.717, 1.165) is 29.9 Å². The van der Waals surface area contributed by atoms with Crippen molar-refractivity contribution in [2.75, 3.05) is 6.61 Å². The summed E-state index contributed by atoms with van der Waals surface area (Å²) in [6.45, 7) is 6.66. The molecule has 2 heterocycles. The summed E-state index contributed by atoms with van der Waals surface area (Å²) in [5.74, 6) is 1.50. The molecule has 0 aliphatic carbocycles. The van der Waals surface area contributed by atoms with Crippen LogP contribution in [0.5, 0.6) is 0 Å². The molecule has 1 aliphatic rings. The second-order valence-corrected chi connectivity index (χ2v) is 7.65. The van der Waals surface area contributed by atoms with Crippen molar-refractivity contribution in [3.8, 4) is 11.1 Å². The van der Waals surface area contributed by atoms with Crippen molar-refractivity contribution < 1.29 is 9.26 Å². The molecule has 138 valence electrons. The molecule has 0 spiro atoms. The predicted octanol–water partition coefficient (Wildman–Crippen LogP) is 4.99. The Kier molecular flexibility index (Phi) is 4.56. The third-order valence-electron chi connectivity index (χ3n) is 4.82. The lowest BCUT2D eigenvalue weighted by Gasteiger charge is -2.07. The number of rotatable bonds is 5. The van der Waals surface area contributed by atoms with Crippen LogP contribution in [0.4, 0.5) is 0 Å². The number of benzene rings is 2. The average Bonchev–Trinajstić information content (AvgIpc) is 3.22.